The minimum Gasteiger partial charge on any atom is -0.462 e. The van der Waals surface area contributed by atoms with Gasteiger partial charge >= 0.3 is 17.9 Å². The van der Waals surface area contributed by atoms with Crippen LogP contribution in [0.1, 0.15) is 285 Å². The first-order valence-electron chi connectivity index (χ1n) is 25.8. The van der Waals surface area contributed by atoms with Crippen LogP contribution in [0.5, 0.6) is 0 Å². The number of carbonyl (C=O) groups excluding carboxylic acids is 3. The summed E-state index contributed by atoms with van der Waals surface area (Å²) in [6.45, 7) is 11.3. The van der Waals surface area contributed by atoms with Crippen molar-refractivity contribution in [3.05, 3.63) is 0 Å². The Morgan fingerprint density at radius 3 is 0.983 bits per heavy atom. The van der Waals surface area contributed by atoms with E-state index in [0.29, 0.717) is 19.3 Å². The van der Waals surface area contributed by atoms with E-state index >= 15 is 0 Å². The van der Waals surface area contributed by atoms with Crippen molar-refractivity contribution in [3.8, 4) is 0 Å². The summed E-state index contributed by atoms with van der Waals surface area (Å²) in [5.74, 6) is 0.764. The molecule has 1 unspecified atom stereocenters. The Bertz CT molecular complexity index is 887. The van der Waals surface area contributed by atoms with E-state index in [1.54, 1.807) is 0 Å². The van der Waals surface area contributed by atoms with E-state index in [1.165, 1.54) is 173 Å². The molecule has 0 heterocycles. The largest absolute Gasteiger partial charge is 0.462 e. The summed E-state index contributed by atoms with van der Waals surface area (Å²) in [5.41, 5.74) is 0. The molecule has 0 bridgehead atoms. The molecular weight excluding hydrogens is 721 g/mol. The molecule has 0 saturated heterocycles. The summed E-state index contributed by atoms with van der Waals surface area (Å²) < 4.78 is 16.8. The molecule has 0 aromatic carbocycles. The van der Waals surface area contributed by atoms with Crippen molar-refractivity contribution >= 4 is 17.9 Å². The van der Waals surface area contributed by atoms with Crippen molar-refractivity contribution in [1.29, 1.82) is 0 Å². The lowest BCUT2D eigenvalue weighted by atomic mass is 10.00. The number of hydrogen-bond acceptors (Lipinski definition) is 6. The van der Waals surface area contributed by atoms with Gasteiger partial charge in [0.15, 0.2) is 6.10 Å². The molecule has 0 radical (unpaired) electrons. The molecule has 0 aromatic heterocycles. The first-order valence-corrected chi connectivity index (χ1v) is 25.8. The molecule has 58 heavy (non-hydrogen) atoms. The van der Waals surface area contributed by atoms with E-state index in [2.05, 4.69) is 34.6 Å². The second-order valence-corrected chi connectivity index (χ2v) is 18.5. The molecule has 0 aliphatic carbocycles. The average molecular weight is 821 g/mol. The topological polar surface area (TPSA) is 78.9 Å². The molecule has 344 valence electrons. The maximum Gasteiger partial charge on any atom is 0.306 e. The molecule has 0 amide bonds. The quantitative estimate of drug-likeness (QED) is 0.0346. The van der Waals surface area contributed by atoms with Crippen LogP contribution >= 0.6 is 0 Å². The van der Waals surface area contributed by atoms with Crippen LogP contribution in [-0.2, 0) is 28.6 Å². The number of esters is 3. The molecule has 0 aliphatic rings. The molecule has 6 nitrogen and oxygen atoms in total. The van der Waals surface area contributed by atoms with Gasteiger partial charge in [0, 0.05) is 19.3 Å². The number of carbonyl (C=O) groups is 3. The van der Waals surface area contributed by atoms with Crippen LogP contribution in [0.25, 0.3) is 0 Å². The summed E-state index contributed by atoms with van der Waals surface area (Å²) in [5, 5.41) is 0. The SMILES string of the molecule is CCCCCCCCCCCCCCCCCCCCC(=O)OC[C@H](COC(=O)CCCCCCCCCCCC(C)C)OC(=O)CCCCCCCCC(C)CC. The third kappa shape index (κ3) is 44.0. The molecule has 0 fully saturated rings. The van der Waals surface area contributed by atoms with Gasteiger partial charge in [-0.15, -0.1) is 0 Å². The maximum absolute atomic E-state index is 12.7. The molecule has 0 N–H and O–H groups in total. The van der Waals surface area contributed by atoms with E-state index in [4.69, 9.17) is 14.2 Å². The number of unbranched alkanes of at least 4 members (excludes halogenated alkanes) is 30. The van der Waals surface area contributed by atoms with Crippen LogP contribution in [0.2, 0.25) is 0 Å². The van der Waals surface area contributed by atoms with E-state index in [1.807, 2.05) is 0 Å². The molecule has 6 heteroatoms. The van der Waals surface area contributed by atoms with E-state index < -0.39 is 6.10 Å². The second-order valence-electron chi connectivity index (χ2n) is 18.5. The highest BCUT2D eigenvalue weighted by atomic mass is 16.6. The Morgan fingerprint density at radius 2 is 0.655 bits per heavy atom. The van der Waals surface area contributed by atoms with Crippen LogP contribution in [0, 0.1) is 11.8 Å². The number of rotatable bonds is 46. The van der Waals surface area contributed by atoms with Crippen LogP contribution in [0.3, 0.4) is 0 Å². The zero-order valence-corrected chi connectivity index (χ0v) is 39.7. The Morgan fingerprint density at radius 1 is 0.362 bits per heavy atom. The van der Waals surface area contributed by atoms with Crippen molar-refractivity contribution < 1.29 is 28.6 Å². The highest BCUT2D eigenvalue weighted by Gasteiger charge is 2.19. The van der Waals surface area contributed by atoms with Crippen molar-refractivity contribution in [3.63, 3.8) is 0 Å². The number of ether oxygens (including phenoxy) is 3. The van der Waals surface area contributed by atoms with Crippen LogP contribution in [0.15, 0.2) is 0 Å². The summed E-state index contributed by atoms with van der Waals surface area (Å²) >= 11 is 0. The molecule has 0 aromatic rings. The van der Waals surface area contributed by atoms with Crippen molar-refractivity contribution in [1.82, 2.24) is 0 Å². The fraction of sp³-hybridized carbons (Fsp3) is 0.942. The predicted molar refractivity (Wildman–Crippen MR) is 247 cm³/mol. The third-order valence-electron chi connectivity index (χ3n) is 12.1. The Kier molecular flexibility index (Phi) is 43.7. The van der Waals surface area contributed by atoms with E-state index in [0.717, 1.165) is 69.6 Å². The lowest BCUT2D eigenvalue weighted by Gasteiger charge is -2.18. The van der Waals surface area contributed by atoms with Crippen molar-refractivity contribution in [2.24, 2.45) is 11.8 Å². The van der Waals surface area contributed by atoms with E-state index in [-0.39, 0.29) is 31.1 Å². The minimum absolute atomic E-state index is 0.0649. The van der Waals surface area contributed by atoms with Gasteiger partial charge in [-0.25, -0.2) is 0 Å². The molecule has 2 atom stereocenters. The molecule has 0 rings (SSSR count). The van der Waals surface area contributed by atoms with Gasteiger partial charge in [0.2, 0.25) is 0 Å². The van der Waals surface area contributed by atoms with Gasteiger partial charge in [0.05, 0.1) is 0 Å². The zero-order valence-electron chi connectivity index (χ0n) is 39.7. The monoisotopic (exact) mass is 821 g/mol. The number of hydrogen-bond donors (Lipinski definition) is 0. The Balaban J connectivity index is 4.25. The fourth-order valence-corrected chi connectivity index (χ4v) is 7.78. The predicted octanol–water partition coefficient (Wildman–Crippen LogP) is 16.5. The molecule has 0 aliphatic heterocycles. The first-order chi connectivity index (χ1) is 28.3. The normalized spacial score (nSPS) is 12.5. The lowest BCUT2D eigenvalue weighted by Crippen LogP contribution is -2.30. The Hall–Kier alpha value is -1.59. The smallest absolute Gasteiger partial charge is 0.306 e. The summed E-state index contributed by atoms with van der Waals surface area (Å²) in [4.78, 5) is 37.9. The molecule has 0 saturated carbocycles. The van der Waals surface area contributed by atoms with Gasteiger partial charge in [-0.3, -0.25) is 14.4 Å². The van der Waals surface area contributed by atoms with Crippen molar-refractivity contribution in [2.75, 3.05) is 13.2 Å². The maximum atomic E-state index is 12.7. The summed E-state index contributed by atoms with van der Waals surface area (Å²) in [7, 11) is 0. The first kappa shape index (κ1) is 56.4. The van der Waals surface area contributed by atoms with Crippen LogP contribution in [-0.4, -0.2) is 37.2 Å². The van der Waals surface area contributed by atoms with Crippen molar-refractivity contribution in [2.45, 2.75) is 291 Å². The van der Waals surface area contributed by atoms with Gasteiger partial charge < -0.3 is 14.2 Å². The third-order valence-corrected chi connectivity index (χ3v) is 12.1. The molecular formula is C52H100O6. The average Bonchev–Trinajstić information content (AvgIpc) is 3.21. The summed E-state index contributed by atoms with van der Waals surface area (Å²) in [6.07, 6.45) is 45.3. The summed E-state index contributed by atoms with van der Waals surface area (Å²) in [6, 6.07) is 0. The van der Waals surface area contributed by atoms with Gasteiger partial charge in [0.25, 0.3) is 0 Å². The highest BCUT2D eigenvalue weighted by Crippen LogP contribution is 2.18. The minimum atomic E-state index is -0.762. The standard InChI is InChI=1S/C52H100O6/c1-6-8-9-10-11-12-13-14-15-16-17-18-19-20-23-26-32-37-42-50(53)56-45-49(58-52(55)44-39-34-29-28-31-36-41-48(5)7-2)46-57-51(54)43-38-33-27-24-21-22-25-30-35-40-47(3)4/h47-49H,6-46H2,1-5H3/t48?,49-/m1/s1. The van der Waals surface area contributed by atoms with Gasteiger partial charge in [-0.2, -0.15) is 0 Å². The van der Waals surface area contributed by atoms with Gasteiger partial charge in [0.1, 0.15) is 13.2 Å². The Labute approximate surface area is 361 Å². The van der Waals surface area contributed by atoms with E-state index in [9.17, 15) is 14.4 Å². The second kappa shape index (κ2) is 44.9. The zero-order chi connectivity index (χ0) is 42.6. The van der Waals surface area contributed by atoms with Gasteiger partial charge in [-0.1, -0.05) is 247 Å². The highest BCUT2D eigenvalue weighted by molar-refractivity contribution is 5.71. The molecule has 0 spiro atoms. The fourth-order valence-electron chi connectivity index (χ4n) is 7.78. The lowest BCUT2D eigenvalue weighted by molar-refractivity contribution is -0.167. The van der Waals surface area contributed by atoms with Gasteiger partial charge in [-0.05, 0) is 31.1 Å². The van der Waals surface area contributed by atoms with Crippen LogP contribution in [0.4, 0.5) is 0 Å². The van der Waals surface area contributed by atoms with Crippen LogP contribution < -0.4 is 0 Å².